The first-order valence-corrected chi connectivity index (χ1v) is 10.4. The maximum absolute atomic E-state index is 13.1. The van der Waals surface area contributed by atoms with E-state index < -0.39 is 0 Å². The molecule has 8 heteroatoms. The van der Waals surface area contributed by atoms with Gasteiger partial charge in [0.25, 0.3) is 5.91 Å². The van der Waals surface area contributed by atoms with Crippen molar-refractivity contribution < 1.29 is 14.0 Å². The van der Waals surface area contributed by atoms with Gasteiger partial charge in [0.05, 0.1) is 10.6 Å². The predicted molar refractivity (Wildman–Crippen MR) is 118 cm³/mol. The summed E-state index contributed by atoms with van der Waals surface area (Å²) in [6.45, 7) is 7.01. The number of hydrogen-bond donors (Lipinski definition) is 2. The van der Waals surface area contributed by atoms with Crippen molar-refractivity contribution in [3.8, 4) is 0 Å². The minimum Gasteiger partial charge on any atom is -0.368 e. The highest BCUT2D eigenvalue weighted by Gasteiger charge is 2.22. The summed E-state index contributed by atoms with van der Waals surface area (Å²) in [6, 6.07) is 11.0. The number of urea groups is 1. The Hall–Kier alpha value is -2.80. The summed E-state index contributed by atoms with van der Waals surface area (Å²) < 4.78 is 13.1. The normalized spacial score (nSPS) is 14.0. The van der Waals surface area contributed by atoms with Crippen molar-refractivity contribution in [2.75, 3.05) is 42.9 Å². The van der Waals surface area contributed by atoms with Crippen molar-refractivity contribution in [3.63, 3.8) is 0 Å². The van der Waals surface area contributed by atoms with Crippen molar-refractivity contribution >= 4 is 34.9 Å². The number of benzene rings is 2. The van der Waals surface area contributed by atoms with Gasteiger partial charge in [-0.3, -0.25) is 4.79 Å². The standard InChI is InChI=1S/C22H26ClFN4O2/c1-15(2)14-25-21(29)19-8-5-17(13-20(19)23)26-22(30)28-11-9-27(10-12-28)18-6-3-16(24)4-7-18/h3-8,13,15H,9-12,14H2,1-2H3,(H,25,29)(H,26,30). The first-order valence-electron chi connectivity index (χ1n) is 9.97. The number of carbonyl (C=O) groups excluding carboxylic acids is 2. The van der Waals surface area contributed by atoms with Crippen LogP contribution in [0.25, 0.3) is 0 Å². The number of halogens is 2. The fourth-order valence-corrected chi connectivity index (χ4v) is 3.46. The maximum Gasteiger partial charge on any atom is 0.321 e. The van der Waals surface area contributed by atoms with Crippen LogP contribution in [0.3, 0.4) is 0 Å². The highest BCUT2D eigenvalue weighted by Crippen LogP contribution is 2.22. The zero-order chi connectivity index (χ0) is 21.7. The van der Waals surface area contributed by atoms with E-state index in [2.05, 4.69) is 15.5 Å². The summed E-state index contributed by atoms with van der Waals surface area (Å²) in [5.41, 5.74) is 1.85. The van der Waals surface area contributed by atoms with Gasteiger partial charge in [-0.15, -0.1) is 0 Å². The lowest BCUT2D eigenvalue weighted by Gasteiger charge is -2.36. The lowest BCUT2D eigenvalue weighted by Crippen LogP contribution is -2.50. The molecule has 0 saturated carbocycles. The lowest BCUT2D eigenvalue weighted by molar-refractivity contribution is 0.0949. The lowest BCUT2D eigenvalue weighted by atomic mass is 10.1. The summed E-state index contributed by atoms with van der Waals surface area (Å²) in [4.78, 5) is 28.6. The summed E-state index contributed by atoms with van der Waals surface area (Å²) in [5.74, 6) is -0.155. The number of nitrogens with zero attached hydrogens (tertiary/aromatic N) is 2. The van der Waals surface area contributed by atoms with Crippen LogP contribution in [0.1, 0.15) is 24.2 Å². The fraction of sp³-hybridized carbons (Fsp3) is 0.364. The minimum absolute atomic E-state index is 0.221. The first-order chi connectivity index (χ1) is 14.3. The Kier molecular flexibility index (Phi) is 7.15. The van der Waals surface area contributed by atoms with Crippen LogP contribution in [0.15, 0.2) is 42.5 Å². The van der Waals surface area contributed by atoms with E-state index in [4.69, 9.17) is 11.6 Å². The Morgan fingerprint density at radius 1 is 1.07 bits per heavy atom. The zero-order valence-corrected chi connectivity index (χ0v) is 17.9. The smallest absolute Gasteiger partial charge is 0.321 e. The van der Waals surface area contributed by atoms with E-state index >= 15 is 0 Å². The average Bonchev–Trinajstić information content (AvgIpc) is 2.73. The molecule has 0 spiro atoms. The molecule has 0 unspecified atom stereocenters. The Morgan fingerprint density at radius 2 is 1.73 bits per heavy atom. The molecule has 1 heterocycles. The van der Waals surface area contributed by atoms with Crippen LogP contribution in [0.4, 0.5) is 20.6 Å². The summed E-state index contributed by atoms with van der Waals surface area (Å²) >= 11 is 6.25. The SMILES string of the molecule is CC(C)CNC(=O)c1ccc(NC(=O)N2CCN(c3ccc(F)cc3)CC2)cc1Cl. The molecule has 1 fully saturated rings. The number of amides is 3. The Labute approximate surface area is 181 Å². The third-order valence-corrected chi connectivity index (χ3v) is 5.21. The molecular weight excluding hydrogens is 407 g/mol. The Morgan fingerprint density at radius 3 is 2.33 bits per heavy atom. The van der Waals surface area contributed by atoms with Crippen LogP contribution in [0, 0.1) is 11.7 Å². The number of hydrogen-bond acceptors (Lipinski definition) is 3. The van der Waals surface area contributed by atoms with Gasteiger partial charge in [0.15, 0.2) is 0 Å². The number of carbonyl (C=O) groups is 2. The molecule has 0 aliphatic carbocycles. The van der Waals surface area contributed by atoms with E-state index in [1.165, 1.54) is 12.1 Å². The van der Waals surface area contributed by atoms with Crippen molar-refractivity contribution in [3.05, 3.63) is 58.9 Å². The molecule has 1 saturated heterocycles. The second kappa shape index (κ2) is 9.80. The molecule has 3 amide bonds. The molecule has 3 rings (SSSR count). The number of anilines is 2. The third-order valence-electron chi connectivity index (χ3n) is 4.89. The third kappa shape index (κ3) is 5.63. The van der Waals surface area contributed by atoms with Crippen LogP contribution in [-0.4, -0.2) is 49.6 Å². The minimum atomic E-state index is -0.265. The predicted octanol–water partition coefficient (Wildman–Crippen LogP) is 4.22. The molecule has 0 bridgehead atoms. The maximum atomic E-state index is 13.1. The monoisotopic (exact) mass is 432 g/mol. The Bertz CT molecular complexity index is 897. The molecule has 160 valence electrons. The van der Waals surface area contributed by atoms with Gasteiger partial charge < -0.3 is 20.4 Å². The highest BCUT2D eigenvalue weighted by atomic mass is 35.5. The molecule has 0 atom stereocenters. The number of rotatable bonds is 5. The van der Waals surface area contributed by atoms with E-state index in [-0.39, 0.29) is 22.8 Å². The van der Waals surface area contributed by atoms with Crippen molar-refractivity contribution in [2.45, 2.75) is 13.8 Å². The molecule has 0 radical (unpaired) electrons. The van der Waals surface area contributed by atoms with Gasteiger partial charge >= 0.3 is 6.03 Å². The highest BCUT2D eigenvalue weighted by molar-refractivity contribution is 6.34. The van der Waals surface area contributed by atoms with Gasteiger partial charge in [0.2, 0.25) is 0 Å². The second-order valence-corrected chi connectivity index (χ2v) is 8.09. The topological polar surface area (TPSA) is 64.7 Å². The summed E-state index contributed by atoms with van der Waals surface area (Å²) in [6.07, 6.45) is 0. The summed E-state index contributed by atoms with van der Waals surface area (Å²) in [7, 11) is 0. The van der Waals surface area contributed by atoms with Gasteiger partial charge in [-0.2, -0.15) is 0 Å². The van der Waals surface area contributed by atoms with E-state index in [1.807, 2.05) is 13.8 Å². The first kappa shape index (κ1) is 21.9. The van der Waals surface area contributed by atoms with Crippen LogP contribution in [0.5, 0.6) is 0 Å². The van der Waals surface area contributed by atoms with E-state index in [9.17, 15) is 14.0 Å². The quantitative estimate of drug-likeness (QED) is 0.743. The largest absolute Gasteiger partial charge is 0.368 e. The van der Waals surface area contributed by atoms with E-state index in [0.717, 1.165) is 5.69 Å². The molecular formula is C22H26ClFN4O2. The van der Waals surface area contributed by atoms with Gasteiger partial charge in [0.1, 0.15) is 5.82 Å². The van der Waals surface area contributed by atoms with Crippen LogP contribution in [0.2, 0.25) is 5.02 Å². The molecule has 0 aromatic heterocycles. The second-order valence-electron chi connectivity index (χ2n) is 7.68. The molecule has 1 aliphatic rings. The number of nitrogens with one attached hydrogen (secondary N) is 2. The van der Waals surface area contributed by atoms with Crippen LogP contribution < -0.4 is 15.5 Å². The van der Waals surface area contributed by atoms with Gasteiger partial charge in [-0.25, -0.2) is 9.18 Å². The molecule has 2 aromatic carbocycles. The van der Waals surface area contributed by atoms with Crippen molar-refractivity contribution in [2.24, 2.45) is 5.92 Å². The molecule has 6 nitrogen and oxygen atoms in total. The van der Waals surface area contributed by atoms with E-state index in [1.54, 1.807) is 35.2 Å². The van der Waals surface area contributed by atoms with Gasteiger partial charge in [-0.05, 0) is 48.4 Å². The molecule has 2 aromatic rings. The van der Waals surface area contributed by atoms with Crippen LogP contribution >= 0.6 is 11.6 Å². The van der Waals surface area contributed by atoms with E-state index in [0.29, 0.717) is 49.9 Å². The zero-order valence-electron chi connectivity index (χ0n) is 17.1. The number of piperazine rings is 1. The molecule has 1 aliphatic heterocycles. The van der Waals surface area contributed by atoms with Crippen molar-refractivity contribution in [1.82, 2.24) is 10.2 Å². The Balaban J connectivity index is 1.54. The molecule has 30 heavy (non-hydrogen) atoms. The van der Waals surface area contributed by atoms with Crippen molar-refractivity contribution in [1.29, 1.82) is 0 Å². The molecule has 2 N–H and O–H groups in total. The summed E-state index contributed by atoms with van der Waals surface area (Å²) in [5, 5.41) is 5.95. The fourth-order valence-electron chi connectivity index (χ4n) is 3.19. The van der Waals surface area contributed by atoms with Gasteiger partial charge in [-0.1, -0.05) is 25.4 Å². The van der Waals surface area contributed by atoms with Gasteiger partial charge in [0, 0.05) is 44.1 Å². The average molecular weight is 433 g/mol. The van der Waals surface area contributed by atoms with Crippen LogP contribution in [-0.2, 0) is 0 Å².